The van der Waals surface area contributed by atoms with Crippen LogP contribution in [0.15, 0.2) is 24.3 Å². The predicted molar refractivity (Wildman–Crippen MR) is 75.0 cm³/mol. The fraction of sp³-hybridized carbons (Fsp3) is 0.308. The van der Waals surface area contributed by atoms with Gasteiger partial charge < -0.3 is 16.0 Å². The number of piperazine rings is 1. The Kier molecular flexibility index (Phi) is 2.93. The van der Waals surface area contributed by atoms with Crippen molar-refractivity contribution in [3.05, 3.63) is 29.1 Å². The first-order valence-corrected chi connectivity index (χ1v) is 6.86. The number of carbonyl (C=O) groups excluding carboxylic acids is 1. The van der Waals surface area contributed by atoms with Crippen molar-refractivity contribution < 1.29 is 4.79 Å². The van der Waals surface area contributed by atoms with Crippen LogP contribution in [0.4, 0.5) is 5.69 Å². The van der Waals surface area contributed by atoms with E-state index in [1.807, 2.05) is 29.2 Å². The van der Waals surface area contributed by atoms with Crippen LogP contribution < -0.4 is 11.1 Å². The lowest BCUT2D eigenvalue weighted by Crippen LogP contribution is -2.46. The van der Waals surface area contributed by atoms with Crippen molar-refractivity contribution in [2.45, 2.75) is 0 Å². The molecule has 1 aromatic carbocycles. The van der Waals surface area contributed by atoms with E-state index in [9.17, 15) is 4.79 Å². The van der Waals surface area contributed by atoms with Gasteiger partial charge in [-0.05, 0) is 6.07 Å². The molecular weight excluding hydrogens is 246 g/mol. The highest BCUT2D eigenvalue weighted by Crippen LogP contribution is 2.34. The molecule has 1 aromatic heterocycles. The zero-order valence-corrected chi connectivity index (χ0v) is 10.8. The molecule has 3 N–H and O–H groups in total. The molecule has 2 heterocycles. The molecular formula is C13H15N3OS. The van der Waals surface area contributed by atoms with Crippen molar-refractivity contribution >= 4 is 33.0 Å². The summed E-state index contributed by atoms with van der Waals surface area (Å²) in [5.41, 5.74) is 6.72. The molecule has 1 amide bonds. The molecule has 18 heavy (non-hydrogen) atoms. The number of rotatable bonds is 1. The van der Waals surface area contributed by atoms with Crippen molar-refractivity contribution in [1.29, 1.82) is 0 Å². The molecule has 1 fully saturated rings. The number of fused-ring (bicyclic) bond motifs is 1. The number of hydrogen-bond acceptors (Lipinski definition) is 4. The first kappa shape index (κ1) is 11.5. The van der Waals surface area contributed by atoms with Crippen LogP contribution in [0.1, 0.15) is 9.67 Å². The molecule has 0 aliphatic carbocycles. The Bertz CT molecular complexity index is 587. The number of nitrogens with one attached hydrogen (secondary N) is 1. The monoisotopic (exact) mass is 261 g/mol. The van der Waals surface area contributed by atoms with Gasteiger partial charge in [0.15, 0.2) is 0 Å². The Balaban J connectivity index is 1.98. The van der Waals surface area contributed by atoms with Crippen LogP contribution in [0.3, 0.4) is 0 Å². The van der Waals surface area contributed by atoms with Gasteiger partial charge in [0.25, 0.3) is 5.91 Å². The van der Waals surface area contributed by atoms with Gasteiger partial charge in [-0.2, -0.15) is 0 Å². The first-order valence-electron chi connectivity index (χ1n) is 6.04. The van der Waals surface area contributed by atoms with Gasteiger partial charge in [-0.15, -0.1) is 11.3 Å². The minimum atomic E-state index is 0.0650. The summed E-state index contributed by atoms with van der Waals surface area (Å²) < 4.78 is 1.08. The zero-order chi connectivity index (χ0) is 12.5. The molecule has 0 atom stereocenters. The summed E-state index contributed by atoms with van der Waals surface area (Å²) in [6.45, 7) is 3.23. The fourth-order valence-corrected chi connectivity index (χ4v) is 3.33. The second-order valence-corrected chi connectivity index (χ2v) is 5.44. The van der Waals surface area contributed by atoms with Crippen LogP contribution in [-0.4, -0.2) is 37.0 Å². The van der Waals surface area contributed by atoms with Crippen LogP contribution in [0.25, 0.3) is 10.1 Å². The van der Waals surface area contributed by atoms with Gasteiger partial charge in [-0.25, -0.2) is 0 Å². The zero-order valence-electron chi connectivity index (χ0n) is 9.98. The van der Waals surface area contributed by atoms with Gasteiger partial charge in [0.2, 0.25) is 0 Å². The Hall–Kier alpha value is -1.59. The minimum Gasteiger partial charge on any atom is -0.397 e. The third kappa shape index (κ3) is 1.85. The van der Waals surface area contributed by atoms with E-state index in [2.05, 4.69) is 5.32 Å². The van der Waals surface area contributed by atoms with Crippen molar-refractivity contribution in [2.24, 2.45) is 0 Å². The molecule has 0 saturated carbocycles. The number of amides is 1. The minimum absolute atomic E-state index is 0.0650. The Morgan fingerprint density at radius 2 is 2.00 bits per heavy atom. The van der Waals surface area contributed by atoms with Crippen molar-refractivity contribution in [2.75, 3.05) is 31.9 Å². The SMILES string of the molecule is Nc1c(C(=O)N2CCNCC2)sc2ccccc12. The number of hydrogen-bond donors (Lipinski definition) is 2. The number of thiophene rings is 1. The van der Waals surface area contributed by atoms with E-state index in [1.165, 1.54) is 11.3 Å². The molecule has 4 nitrogen and oxygen atoms in total. The van der Waals surface area contributed by atoms with Crippen LogP contribution in [-0.2, 0) is 0 Å². The van der Waals surface area contributed by atoms with Crippen LogP contribution in [0, 0.1) is 0 Å². The highest BCUT2D eigenvalue weighted by molar-refractivity contribution is 7.21. The molecule has 2 aromatic rings. The Morgan fingerprint density at radius 3 is 2.72 bits per heavy atom. The molecule has 1 saturated heterocycles. The summed E-state index contributed by atoms with van der Waals surface area (Å²) in [5.74, 6) is 0.0650. The topological polar surface area (TPSA) is 58.4 Å². The van der Waals surface area contributed by atoms with Crippen LogP contribution in [0.5, 0.6) is 0 Å². The average Bonchev–Trinajstić information content (AvgIpc) is 2.77. The standard InChI is InChI=1S/C13H15N3OS/c14-11-9-3-1-2-4-10(9)18-12(11)13(17)16-7-5-15-6-8-16/h1-4,15H,5-8,14H2. The third-order valence-corrected chi connectivity index (χ3v) is 4.41. The third-order valence-electron chi connectivity index (χ3n) is 3.23. The smallest absolute Gasteiger partial charge is 0.266 e. The molecule has 1 aliphatic rings. The maximum atomic E-state index is 12.4. The van der Waals surface area contributed by atoms with E-state index in [0.29, 0.717) is 10.6 Å². The normalized spacial score (nSPS) is 16.1. The lowest BCUT2D eigenvalue weighted by Gasteiger charge is -2.27. The van der Waals surface area contributed by atoms with Gasteiger partial charge >= 0.3 is 0 Å². The number of carbonyl (C=O) groups is 1. The second kappa shape index (κ2) is 4.59. The molecule has 3 rings (SSSR count). The number of nitrogen functional groups attached to an aromatic ring is 1. The second-order valence-electron chi connectivity index (χ2n) is 4.38. The quantitative estimate of drug-likeness (QED) is 0.818. The van der Waals surface area contributed by atoms with Crippen LogP contribution in [0.2, 0.25) is 0 Å². The van der Waals surface area contributed by atoms with Gasteiger partial charge in [0.1, 0.15) is 4.88 Å². The highest BCUT2D eigenvalue weighted by atomic mass is 32.1. The van der Waals surface area contributed by atoms with Gasteiger partial charge in [-0.1, -0.05) is 18.2 Å². The number of anilines is 1. The number of nitrogens with two attached hydrogens (primary N) is 1. The summed E-state index contributed by atoms with van der Waals surface area (Å²) in [7, 11) is 0. The van der Waals surface area contributed by atoms with E-state index < -0.39 is 0 Å². The van der Waals surface area contributed by atoms with Crippen molar-refractivity contribution in [3.63, 3.8) is 0 Å². The summed E-state index contributed by atoms with van der Waals surface area (Å²) in [6.07, 6.45) is 0. The molecule has 1 aliphatic heterocycles. The summed E-state index contributed by atoms with van der Waals surface area (Å²) in [5, 5.41) is 4.23. The summed E-state index contributed by atoms with van der Waals surface area (Å²) in [6, 6.07) is 7.89. The van der Waals surface area contributed by atoms with Crippen molar-refractivity contribution in [1.82, 2.24) is 10.2 Å². The van der Waals surface area contributed by atoms with E-state index in [4.69, 9.17) is 5.73 Å². The van der Waals surface area contributed by atoms with Crippen LogP contribution >= 0.6 is 11.3 Å². The first-order chi connectivity index (χ1) is 8.77. The molecule has 0 unspecified atom stereocenters. The van der Waals surface area contributed by atoms with Gasteiger partial charge in [0, 0.05) is 36.3 Å². The highest BCUT2D eigenvalue weighted by Gasteiger charge is 2.22. The maximum Gasteiger partial charge on any atom is 0.266 e. The molecule has 5 heteroatoms. The van der Waals surface area contributed by atoms with Gasteiger partial charge in [-0.3, -0.25) is 4.79 Å². The van der Waals surface area contributed by atoms with E-state index >= 15 is 0 Å². The molecule has 94 valence electrons. The van der Waals surface area contributed by atoms with E-state index in [1.54, 1.807) is 0 Å². The largest absolute Gasteiger partial charge is 0.397 e. The molecule has 0 bridgehead atoms. The van der Waals surface area contributed by atoms with E-state index in [0.717, 1.165) is 36.3 Å². The average molecular weight is 261 g/mol. The number of benzene rings is 1. The van der Waals surface area contributed by atoms with Gasteiger partial charge in [0.05, 0.1) is 5.69 Å². The molecule has 0 radical (unpaired) electrons. The summed E-state index contributed by atoms with van der Waals surface area (Å²) in [4.78, 5) is 15.0. The Labute approximate surface area is 109 Å². The fourth-order valence-electron chi connectivity index (χ4n) is 2.24. The Morgan fingerprint density at radius 1 is 1.28 bits per heavy atom. The predicted octanol–water partition coefficient (Wildman–Crippen LogP) is 1.53. The molecule has 0 spiro atoms. The number of nitrogens with zero attached hydrogens (tertiary/aromatic N) is 1. The van der Waals surface area contributed by atoms with Crippen molar-refractivity contribution in [3.8, 4) is 0 Å². The lowest BCUT2D eigenvalue weighted by molar-refractivity contribution is 0.0742. The lowest BCUT2D eigenvalue weighted by atomic mass is 10.2. The summed E-state index contributed by atoms with van der Waals surface area (Å²) >= 11 is 1.49. The van der Waals surface area contributed by atoms with E-state index in [-0.39, 0.29) is 5.91 Å². The maximum absolute atomic E-state index is 12.4.